The second kappa shape index (κ2) is 20.0. The summed E-state index contributed by atoms with van der Waals surface area (Å²) in [6, 6.07) is 0. The fourth-order valence-electron chi connectivity index (χ4n) is 3.18. The van der Waals surface area contributed by atoms with Crippen LogP contribution in [0.1, 0.15) is 124 Å². The molecule has 29 heavy (non-hydrogen) atoms. The molecule has 0 aromatic carbocycles. The highest BCUT2D eigenvalue weighted by atomic mass is 16.5. The SMILES string of the molecule is CCCCCCCCC(C(=O)OCCCC)=C(CCCCC)C(=O)OCCCC. The van der Waals surface area contributed by atoms with Crippen molar-refractivity contribution in [3.05, 3.63) is 11.1 Å². The zero-order valence-corrected chi connectivity index (χ0v) is 19.7. The molecule has 4 heteroatoms. The van der Waals surface area contributed by atoms with E-state index in [2.05, 4.69) is 27.7 Å². The lowest BCUT2D eigenvalue weighted by Crippen LogP contribution is -2.18. The summed E-state index contributed by atoms with van der Waals surface area (Å²) in [5.41, 5.74) is 1.12. The number of carbonyl (C=O) groups is 2. The second-order valence-corrected chi connectivity index (χ2v) is 7.91. The number of hydrogen-bond donors (Lipinski definition) is 0. The lowest BCUT2D eigenvalue weighted by atomic mass is 9.96. The average Bonchev–Trinajstić information content (AvgIpc) is 2.71. The van der Waals surface area contributed by atoms with E-state index in [-0.39, 0.29) is 11.9 Å². The molecule has 0 aliphatic heterocycles. The molecule has 0 bridgehead atoms. The molecule has 0 saturated heterocycles. The van der Waals surface area contributed by atoms with E-state index in [0.29, 0.717) is 37.2 Å². The van der Waals surface area contributed by atoms with Gasteiger partial charge in [0.2, 0.25) is 0 Å². The highest BCUT2D eigenvalue weighted by molar-refractivity contribution is 6.00. The molecule has 0 fully saturated rings. The molecule has 0 atom stereocenters. The first-order chi connectivity index (χ1) is 14.1. The molecular formula is C25H46O4. The van der Waals surface area contributed by atoms with Crippen LogP contribution in [0.15, 0.2) is 11.1 Å². The van der Waals surface area contributed by atoms with Crippen molar-refractivity contribution in [1.82, 2.24) is 0 Å². The summed E-state index contributed by atoms with van der Waals surface area (Å²) in [7, 11) is 0. The molecule has 4 nitrogen and oxygen atoms in total. The van der Waals surface area contributed by atoms with E-state index in [1.54, 1.807) is 0 Å². The van der Waals surface area contributed by atoms with E-state index in [9.17, 15) is 9.59 Å². The summed E-state index contributed by atoms with van der Waals surface area (Å²) in [6.07, 6.45) is 14.8. The van der Waals surface area contributed by atoms with Crippen LogP contribution in [0, 0.1) is 0 Å². The van der Waals surface area contributed by atoms with Crippen molar-refractivity contribution < 1.29 is 19.1 Å². The van der Waals surface area contributed by atoms with Crippen LogP contribution in [0.3, 0.4) is 0 Å². The molecule has 0 amide bonds. The molecule has 0 aliphatic rings. The van der Waals surface area contributed by atoms with Gasteiger partial charge in [-0.15, -0.1) is 0 Å². The predicted octanol–water partition coefficient (Wildman–Crippen LogP) is 7.30. The minimum Gasteiger partial charge on any atom is -0.462 e. The molecule has 0 saturated carbocycles. The fraction of sp³-hybridized carbons (Fsp3) is 0.840. The Kier molecular flexibility index (Phi) is 19.1. The van der Waals surface area contributed by atoms with Crippen LogP contribution < -0.4 is 0 Å². The van der Waals surface area contributed by atoms with Crippen LogP contribution in [-0.4, -0.2) is 25.2 Å². The zero-order valence-electron chi connectivity index (χ0n) is 19.7. The Morgan fingerprint density at radius 3 is 1.28 bits per heavy atom. The Morgan fingerprint density at radius 2 is 0.828 bits per heavy atom. The Hall–Kier alpha value is -1.32. The first-order valence-corrected chi connectivity index (χ1v) is 12.2. The molecule has 0 radical (unpaired) electrons. The summed E-state index contributed by atoms with van der Waals surface area (Å²) < 4.78 is 11.0. The summed E-state index contributed by atoms with van der Waals surface area (Å²) in [6.45, 7) is 9.33. The normalized spacial score (nSPS) is 11.9. The van der Waals surface area contributed by atoms with Crippen molar-refractivity contribution >= 4 is 11.9 Å². The highest BCUT2D eigenvalue weighted by Crippen LogP contribution is 2.23. The molecule has 0 unspecified atom stereocenters. The standard InChI is InChI=1S/C25H46O4/c1-5-9-13-14-15-17-19-23(25(27)29-21-12-8-4)22(18-16-10-6-2)24(26)28-20-11-7-3/h5-21H2,1-4H3. The summed E-state index contributed by atoms with van der Waals surface area (Å²) in [5.74, 6) is -0.631. The van der Waals surface area contributed by atoms with Gasteiger partial charge < -0.3 is 9.47 Å². The Bertz CT molecular complexity index is 454. The van der Waals surface area contributed by atoms with Crippen LogP contribution in [0.25, 0.3) is 0 Å². The zero-order chi connectivity index (χ0) is 21.7. The van der Waals surface area contributed by atoms with E-state index in [1.807, 2.05) is 0 Å². The van der Waals surface area contributed by atoms with Crippen LogP contribution >= 0.6 is 0 Å². The van der Waals surface area contributed by atoms with Crippen molar-refractivity contribution in [2.75, 3.05) is 13.2 Å². The van der Waals surface area contributed by atoms with Gasteiger partial charge in [0, 0.05) is 11.1 Å². The maximum Gasteiger partial charge on any atom is 0.334 e. The van der Waals surface area contributed by atoms with Gasteiger partial charge in [-0.1, -0.05) is 85.5 Å². The van der Waals surface area contributed by atoms with Gasteiger partial charge in [-0.25, -0.2) is 9.59 Å². The van der Waals surface area contributed by atoms with E-state index >= 15 is 0 Å². The minimum atomic E-state index is -0.317. The molecule has 0 heterocycles. The maximum absolute atomic E-state index is 12.8. The molecular weight excluding hydrogens is 364 g/mol. The van der Waals surface area contributed by atoms with Gasteiger partial charge in [-0.05, 0) is 38.5 Å². The van der Waals surface area contributed by atoms with Gasteiger partial charge in [0.15, 0.2) is 0 Å². The number of carbonyl (C=O) groups excluding carboxylic acids is 2. The molecule has 0 aromatic heterocycles. The molecule has 0 aromatic rings. The van der Waals surface area contributed by atoms with Gasteiger partial charge in [-0.2, -0.15) is 0 Å². The smallest absolute Gasteiger partial charge is 0.334 e. The minimum absolute atomic E-state index is 0.314. The van der Waals surface area contributed by atoms with E-state index in [0.717, 1.165) is 57.8 Å². The summed E-state index contributed by atoms with van der Waals surface area (Å²) in [4.78, 5) is 25.6. The van der Waals surface area contributed by atoms with Crippen molar-refractivity contribution in [3.63, 3.8) is 0 Å². The Labute approximate surface area is 179 Å². The number of esters is 2. The van der Waals surface area contributed by atoms with Crippen molar-refractivity contribution in [1.29, 1.82) is 0 Å². The number of unbranched alkanes of at least 4 members (excludes halogenated alkanes) is 9. The monoisotopic (exact) mass is 410 g/mol. The molecule has 0 aliphatic carbocycles. The van der Waals surface area contributed by atoms with Gasteiger partial charge in [0.1, 0.15) is 0 Å². The highest BCUT2D eigenvalue weighted by Gasteiger charge is 2.23. The lowest BCUT2D eigenvalue weighted by molar-refractivity contribution is -0.142. The maximum atomic E-state index is 12.8. The fourth-order valence-corrected chi connectivity index (χ4v) is 3.18. The topological polar surface area (TPSA) is 52.6 Å². The molecule has 0 N–H and O–H groups in total. The van der Waals surface area contributed by atoms with Gasteiger partial charge in [0.25, 0.3) is 0 Å². The largest absolute Gasteiger partial charge is 0.462 e. The van der Waals surface area contributed by atoms with E-state index in [1.165, 1.54) is 25.7 Å². The summed E-state index contributed by atoms with van der Waals surface area (Å²) >= 11 is 0. The first kappa shape index (κ1) is 27.7. The van der Waals surface area contributed by atoms with Crippen LogP contribution in [0.2, 0.25) is 0 Å². The van der Waals surface area contributed by atoms with Crippen molar-refractivity contribution in [2.45, 2.75) is 124 Å². The number of hydrogen-bond acceptors (Lipinski definition) is 4. The third kappa shape index (κ3) is 14.3. The van der Waals surface area contributed by atoms with Gasteiger partial charge in [-0.3, -0.25) is 0 Å². The van der Waals surface area contributed by atoms with E-state index in [4.69, 9.17) is 9.47 Å². The third-order valence-corrected chi connectivity index (χ3v) is 5.13. The first-order valence-electron chi connectivity index (χ1n) is 12.2. The van der Waals surface area contributed by atoms with Crippen LogP contribution in [-0.2, 0) is 19.1 Å². The molecule has 170 valence electrons. The van der Waals surface area contributed by atoms with Crippen molar-refractivity contribution in [3.8, 4) is 0 Å². The van der Waals surface area contributed by atoms with Gasteiger partial charge in [0.05, 0.1) is 13.2 Å². The molecule has 0 rings (SSSR count). The Balaban J connectivity index is 5.26. The summed E-state index contributed by atoms with van der Waals surface area (Å²) in [5, 5.41) is 0. The van der Waals surface area contributed by atoms with Gasteiger partial charge >= 0.3 is 11.9 Å². The van der Waals surface area contributed by atoms with Crippen LogP contribution in [0.5, 0.6) is 0 Å². The number of rotatable bonds is 19. The van der Waals surface area contributed by atoms with E-state index < -0.39 is 0 Å². The lowest BCUT2D eigenvalue weighted by Gasteiger charge is -2.15. The average molecular weight is 411 g/mol. The van der Waals surface area contributed by atoms with Crippen LogP contribution in [0.4, 0.5) is 0 Å². The third-order valence-electron chi connectivity index (χ3n) is 5.13. The predicted molar refractivity (Wildman–Crippen MR) is 121 cm³/mol. The quantitative estimate of drug-likeness (QED) is 0.127. The Morgan fingerprint density at radius 1 is 0.483 bits per heavy atom. The van der Waals surface area contributed by atoms with Crippen molar-refractivity contribution in [2.24, 2.45) is 0 Å². The molecule has 0 spiro atoms. The number of ether oxygens (including phenoxy) is 2. The second-order valence-electron chi connectivity index (χ2n) is 7.91.